The molecule has 1 N–H and O–H groups in total. The van der Waals surface area contributed by atoms with Crippen LogP contribution >= 0.6 is 11.6 Å². The molecule has 2 amide bonds. The van der Waals surface area contributed by atoms with Gasteiger partial charge in [0, 0.05) is 24.5 Å². The van der Waals surface area contributed by atoms with Crippen molar-refractivity contribution in [1.29, 1.82) is 0 Å². The number of hydrogen-bond acceptors (Lipinski definition) is 4. The Kier molecular flexibility index (Phi) is 4.73. The number of nitrogens with zero attached hydrogens (tertiary/aromatic N) is 1. The number of morpholine rings is 1. The third-order valence-corrected chi connectivity index (χ3v) is 4.28. The van der Waals surface area contributed by atoms with E-state index < -0.39 is 12.1 Å². The van der Waals surface area contributed by atoms with Crippen LogP contribution in [0.25, 0.3) is 0 Å². The predicted octanol–water partition coefficient (Wildman–Crippen LogP) is 1.01. The molecule has 0 unspecified atom stereocenters. The van der Waals surface area contributed by atoms with E-state index in [1.54, 1.807) is 30.0 Å². The van der Waals surface area contributed by atoms with Crippen molar-refractivity contribution in [3.05, 3.63) is 28.8 Å². The van der Waals surface area contributed by atoms with Gasteiger partial charge in [0.05, 0.1) is 13.2 Å². The lowest BCUT2D eigenvalue weighted by Crippen LogP contribution is -2.52. The Balaban J connectivity index is 1.56. The normalized spacial score (nSPS) is 21.3. The molecule has 2 atom stereocenters. The van der Waals surface area contributed by atoms with Crippen LogP contribution in [0.4, 0.5) is 0 Å². The average Bonchev–Trinajstić information content (AvgIpc) is 2.98. The highest BCUT2D eigenvalue weighted by Gasteiger charge is 2.32. The van der Waals surface area contributed by atoms with E-state index in [9.17, 15) is 9.59 Å². The van der Waals surface area contributed by atoms with Gasteiger partial charge in [0.25, 0.3) is 5.91 Å². The second kappa shape index (κ2) is 6.76. The Morgan fingerprint density at radius 3 is 2.83 bits per heavy atom. The first kappa shape index (κ1) is 16.1. The van der Waals surface area contributed by atoms with Gasteiger partial charge in [0.1, 0.15) is 11.8 Å². The minimum Gasteiger partial charge on any atom is -0.480 e. The minimum absolute atomic E-state index is 0.0970. The Morgan fingerprint density at radius 1 is 1.35 bits per heavy atom. The molecule has 0 spiro atoms. The van der Waals surface area contributed by atoms with E-state index in [2.05, 4.69) is 5.32 Å². The number of nitrogens with one attached hydrogen (secondary N) is 1. The fraction of sp³-hybridized carbons (Fsp3) is 0.500. The number of halogens is 1. The fourth-order valence-electron chi connectivity index (χ4n) is 2.79. The van der Waals surface area contributed by atoms with Crippen LogP contribution in [0.1, 0.15) is 12.5 Å². The number of benzene rings is 1. The number of amides is 2. The molecule has 23 heavy (non-hydrogen) atoms. The number of rotatable bonds is 3. The molecular formula is C16H19ClN2O4. The van der Waals surface area contributed by atoms with Crippen molar-refractivity contribution in [2.75, 3.05) is 26.3 Å². The second-order valence-corrected chi connectivity index (χ2v) is 6.17. The topological polar surface area (TPSA) is 67.9 Å². The third kappa shape index (κ3) is 3.59. The summed E-state index contributed by atoms with van der Waals surface area (Å²) in [7, 11) is 0. The van der Waals surface area contributed by atoms with Crippen LogP contribution < -0.4 is 10.1 Å². The van der Waals surface area contributed by atoms with E-state index in [1.165, 1.54) is 0 Å². The lowest BCUT2D eigenvalue weighted by atomic mass is 10.1. The van der Waals surface area contributed by atoms with Gasteiger partial charge in [-0.15, -0.1) is 0 Å². The van der Waals surface area contributed by atoms with E-state index in [1.807, 2.05) is 0 Å². The van der Waals surface area contributed by atoms with Gasteiger partial charge in [-0.05, 0) is 30.7 Å². The predicted molar refractivity (Wildman–Crippen MR) is 84.6 cm³/mol. The quantitative estimate of drug-likeness (QED) is 0.893. The van der Waals surface area contributed by atoms with Crippen molar-refractivity contribution in [3.63, 3.8) is 0 Å². The minimum atomic E-state index is -0.622. The Labute approximate surface area is 139 Å². The van der Waals surface area contributed by atoms with Gasteiger partial charge in [0.15, 0.2) is 6.10 Å². The van der Waals surface area contributed by atoms with Gasteiger partial charge in [0.2, 0.25) is 5.91 Å². The van der Waals surface area contributed by atoms with Crippen LogP contribution in [-0.4, -0.2) is 55.2 Å². The lowest BCUT2D eigenvalue weighted by molar-refractivity contribution is -0.140. The zero-order valence-corrected chi connectivity index (χ0v) is 13.6. The monoisotopic (exact) mass is 338 g/mol. The van der Waals surface area contributed by atoms with Gasteiger partial charge in [-0.25, -0.2) is 0 Å². The molecule has 0 bridgehead atoms. The van der Waals surface area contributed by atoms with Crippen LogP contribution in [0.15, 0.2) is 18.2 Å². The van der Waals surface area contributed by atoms with Crippen LogP contribution in [0.3, 0.4) is 0 Å². The molecule has 2 aliphatic rings. The Morgan fingerprint density at radius 2 is 2.09 bits per heavy atom. The molecule has 124 valence electrons. The van der Waals surface area contributed by atoms with Crippen molar-refractivity contribution < 1.29 is 19.1 Å². The van der Waals surface area contributed by atoms with E-state index in [0.717, 1.165) is 5.56 Å². The third-order valence-electron chi connectivity index (χ3n) is 4.04. The molecule has 1 aromatic rings. The smallest absolute Gasteiger partial charge is 0.262 e. The van der Waals surface area contributed by atoms with Crippen molar-refractivity contribution in [3.8, 4) is 5.75 Å². The Hall–Kier alpha value is -1.79. The molecule has 0 saturated carbocycles. The van der Waals surface area contributed by atoms with E-state index in [4.69, 9.17) is 21.1 Å². The summed E-state index contributed by atoms with van der Waals surface area (Å²) in [5.74, 6) is 0.286. The summed E-state index contributed by atoms with van der Waals surface area (Å²) in [5.41, 5.74) is 0.907. The maximum atomic E-state index is 12.3. The molecule has 6 nitrogen and oxygen atoms in total. The highest BCUT2D eigenvalue weighted by atomic mass is 35.5. The number of carbonyl (C=O) groups excluding carboxylic acids is 2. The van der Waals surface area contributed by atoms with Gasteiger partial charge in [-0.2, -0.15) is 0 Å². The molecule has 3 rings (SSSR count). The summed E-state index contributed by atoms with van der Waals surface area (Å²) in [6.07, 6.45) is -0.163. The van der Waals surface area contributed by atoms with Crippen LogP contribution in [0.5, 0.6) is 5.75 Å². The maximum absolute atomic E-state index is 12.3. The maximum Gasteiger partial charge on any atom is 0.262 e. The first-order valence-corrected chi connectivity index (χ1v) is 8.04. The molecular weight excluding hydrogens is 320 g/mol. The number of carbonyl (C=O) groups is 2. The standard InChI is InChI=1S/C16H19ClN2O4/c1-10(16(21)19-4-6-22-7-5-19)18-15(20)14-9-11-8-12(17)2-3-13(11)23-14/h2-3,8,10,14H,4-7,9H2,1H3,(H,18,20)/t10-,14-/m1/s1. The molecule has 1 saturated heterocycles. The highest BCUT2D eigenvalue weighted by molar-refractivity contribution is 6.30. The second-order valence-electron chi connectivity index (χ2n) is 5.73. The summed E-state index contributed by atoms with van der Waals surface area (Å²) in [4.78, 5) is 26.3. The molecule has 2 heterocycles. The first-order valence-electron chi connectivity index (χ1n) is 7.66. The van der Waals surface area contributed by atoms with Crippen molar-refractivity contribution in [2.24, 2.45) is 0 Å². The largest absolute Gasteiger partial charge is 0.480 e. The summed E-state index contributed by atoms with van der Waals surface area (Å²) in [5, 5.41) is 3.35. The van der Waals surface area contributed by atoms with Crippen molar-refractivity contribution in [1.82, 2.24) is 10.2 Å². The summed E-state index contributed by atoms with van der Waals surface area (Å²) < 4.78 is 10.9. The average molecular weight is 339 g/mol. The zero-order valence-electron chi connectivity index (χ0n) is 12.9. The lowest BCUT2D eigenvalue weighted by Gasteiger charge is -2.29. The molecule has 7 heteroatoms. The number of hydrogen-bond donors (Lipinski definition) is 1. The van der Waals surface area contributed by atoms with Gasteiger partial charge < -0.3 is 19.7 Å². The molecule has 2 aliphatic heterocycles. The van der Waals surface area contributed by atoms with Crippen molar-refractivity contribution >= 4 is 23.4 Å². The highest BCUT2D eigenvalue weighted by Crippen LogP contribution is 2.31. The van der Waals surface area contributed by atoms with Crippen LogP contribution in [0.2, 0.25) is 5.02 Å². The fourth-order valence-corrected chi connectivity index (χ4v) is 2.98. The summed E-state index contributed by atoms with van der Waals surface area (Å²) in [6.45, 7) is 3.88. The van der Waals surface area contributed by atoms with E-state index >= 15 is 0 Å². The molecule has 0 aliphatic carbocycles. The van der Waals surface area contributed by atoms with Crippen molar-refractivity contribution in [2.45, 2.75) is 25.5 Å². The molecule has 0 aromatic heterocycles. The van der Waals surface area contributed by atoms with Crippen LogP contribution in [0, 0.1) is 0 Å². The van der Waals surface area contributed by atoms with Gasteiger partial charge in [-0.1, -0.05) is 11.6 Å². The number of ether oxygens (including phenoxy) is 2. The van der Waals surface area contributed by atoms with Gasteiger partial charge >= 0.3 is 0 Å². The summed E-state index contributed by atoms with van der Waals surface area (Å²) in [6, 6.07) is 4.70. The molecule has 1 aromatic carbocycles. The van der Waals surface area contributed by atoms with E-state index in [0.29, 0.717) is 43.5 Å². The SMILES string of the molecule is C[C@@H](NC(=O)[C@H]1Cc2cc(Cl)ccc2O1)C(=O)N1CCOCC1. The summed E-state index contributed by atoms with van der Waals surface area (Å²) >= 11 is 5.95. The van der Waals surface area contributed by atoms with Gasteiger partial charge in [-0.3, -0.25) is 9.59 Å². The molecule has 1 fully saturated rings. The Bertz CT molecular complexity index is 616. The molecule has 0 radical (unpaired) electrons. The van der Waals surface area contributed by atoms with E-state index in [-0.39, 0.29) is 11.8 Å². The first-order chi connectivity index (χ1) is 11.0. The number of fused-ring (bicyclic) bond motifs is 1. The van der Waals surface area contributed by atoms with Crippen LogP contribution in [-0.2, 0) is 20.7 Å². The zero-order chi connectivity index (χ0) is 16.4.